The number of fused-ring (bicyclic) bond motifs is 1. The van der Waals surface area contributed by atoms with Gasteiger partial charge >= 0.3 is 0 Å². The van der Waals surface area contributed by atoms with E-state index in [4.69, 9.17) is 0 Å². The van der Waals surface area contributed by atoms with Crippen molar-refractivity contribution in [3.8, 4) is 0 Å². The number of aryl methyl sites for hydroxylation is 2. The molecule has 3 rings (SSSR count). The van der Waals surface area contributed by atoms with Crippen LogP contribution in [0.4, 0.5) is 5.69 Å². The third-order valence-corrected chi connectivity index (χ3v) is 4.93. The number of unbranched alkanes of at least 4 members (excludes halogenated alkanes) is 1. The molecule has 0 fully saturated rings. The fourth-order valence-corrected chi connectivity index (χ4v) is 3.27. The van der Waals surface area contributed by atoms with E-state index in [-0.39, 0.29) is 23.3 Å². The fraction of sp³-hybridized carbons (Fsp3) is 0.318. The third-order valence-electron chi connectivity index (χ3n) is 4.93. The van der Waals surface area contributed by atoms with Crippen LogP contribution in [0.15, 0.2) is 36.4 Å². The highest BCUT2D eigenvalue weighted by molar-refractivity contribution is 6.35. The molecule has 1 aliphatic heterocycles. The smallest absolute Gasteiger partial charge is 0.266 e. The molecule has 1 aliphatic rings. The number of carbonyl (C=O) groups excluding carboxylic acids is 3. The first-order chi connectivity index (χ1) is 12.8. The number of hydrogen-bond donors (Lipinski definition) is 0. The quantitative estimate of drug-likeness (QED) is 0.754. The van der Waals surface area contributed by atoms with Gasteiger partial charge in [-0.15, -0.1) is 0 Å². The van der Waals surface area contributed by atoms with Crippen LogP contribution in [0.5, 0.6) is 0 Å². The number of rotatable bonds is 5. The van der Waals surface area contributed by atoms with Crippen molar-refractivity contribution >= 4 is 23.4 Å². The van der Waals surface area contributed by atoms with Crippen molar-refractivity contribution < 1.29 is 14.4 Å². The molecule has 5 heteroatoms. The molecule has 0 unspecified atom stereocenters. The molecule has 2 aromatic carbocycles. The molecule has 0 saturated carbocycles. The number of hydrogen-bond acceptors (Lipinski definition) is 3. The molecule has 27 heavy (non-hydrogen) atoms. The van der Waals surface area contributed by atoms with Crippen LogP contribution in [0, 0.1) is 13.8 Å². The molecular weight excluding hydrogens is 340 g/mol. The zero-order valence-electron chi connectivity index (χ0n) is 16.2. The highest BCUT2D eigenvalue weighted by Crippen LogP contribution is 2.31. The highest BCUT2D eigenvalue weighted by Gasteiger charge is 2.38. The van der Waals surface area contributed by atoms with Crippen molar-refractivity contribution in [3.05, 3.63) is 64.2 Å². The number of imide groups is 1. The van der Waals surface area contributed by atoms with Crippen molar-refractivity contribution in [1.82, 2.24) is 4.90 Å². The predicted molar refractivity (Wildman–Crippen MR) is 105 cm³/mol. The lowest BCUT2D eigenvalue weighted by molar-refractivity contribution is 0.0792. The molecule has 0 spiro atoms. The maximum Gasteiger partial charge on any atom is 0.266 e. The van der Waals surface area contributed by atoms with E-state index in [2.05, 4.69) is 6.92 Å². The van der Waals surface area contributed by atoms with Gasteiger partial charge in [0.2, 0.25) is 0 Å². The normalized spacial score (nSPS) is 13.1. The van der Waals surface area contributed by atoms with Crippen LogP contribution in [0.1, 0.15) is 62.0 Å². The molecule has 0 atom stereocenters. The number of nitrogens with zero attached hydrogens (tertiary/aromatic N) is 2. The van der Waals surface area contributed by atoms with E-state index in [0.29, 0.717) is 23.4 Å². The summed E-state index contributed by atoms with van der Waals surface area (Å²) in [6.45, 7) is 6.52. The zero-order chi connectivity index (χ0) is 19.7. The van der Waals surface area contributed by atoms with Crippen LogP contribution in [0.25, 0.3) is 0 Å². The number of benzene rings is 2. The zero-order valence-corrected chi connectivity index (χ0v) is 16.2. The van der Waals surface area contributed by atoms with E-state index in [1.165, 1.54) is 4.90 Å². The lowest BCUT2D eigenvalue weighted by atomic mass is 10.0. The molecular formula is C22H24N2O3. The number of amides is 3. The van der Waals surface area contributed by atoms with Crippen LogP contribution < -0.4 is 4.90 Å². The molecule has 0 saturated heterocycles. The Balaban J connectivity index is 1.95. The molecule has 3 amide bonds. The largest absolute Gasteiger partial charge is 0.342 e. The molecule has 0 N–H and O–H groups in total. The standard InChI is InChI=1S/C22H24N2O3/c1-5-6-11-23(4)20(25)16-9-10-17-18(13-16)22(27)24(21(17)26)19-12-14(2)7-8-15(19)3/h7-10,12-13H,5-6,11H2,1-4H3. The Kier molecular flexibility index (Phi) is 5.13. The SMILES string of the molecule is CCCCN(C)C(=O)c1ccc2c(c1)C(=O)N(c1cc(C)ccc1C)C2=O. The Morgan fingerprint density at radius 2 is 1.70 bits per heavy atom. The lowest BCUT2D eigenvalue weighted by Gasteiger charge is -2.17. The van der Waals surface area contributed by atoms with Gasteiger partial charge in [-0.05, 0) is 55.7 Å². The maximum atomic E-state index is 13.0. The summed E-state index contributed by atoms with van der Waals surface area (Å²) in [5, 5.41) is 0. The fourth-order valence-electron chi connectivity index (χ4n) is 3.27. The Morgan fingerprint density at radius 1 is 1.00 bits per heavy atom. The second kappa shape index (κ2) is 7.35. The van der Waals surface area contributed by atoms with Crippen LogP contribution in [-0.4, -0.2) is 36.2 Å². The summed E-state index contributed by atoms with van der Waals surface area (Å²) in [7, 11) is 1.75. The topological polar surface area (TPSA) is 57.7 Å². The van der Waals surface area contributed by atoms with Crippen LogP contribution in [0.2, 0.25) is 0 Å². The van der Waals surface area contributed by atoms with E-state index in [9.17, 15) is 14.4 Å². The predicted octanol–water partition coefficient (Wildman–Crippen LogP) is 3.98. The average Bonchev–Trinajstić information content (AvgIpc) is 2.91. The highest BCUT2D eigenvalue weighted by atomic mass is 16.2. The molecule has 0 aromatic heterocycles. The number of carbonyl (C=O) groups is 3. The second-order valence-electron chi connectivity index (χ2n) is 7.08. The summed E-state index contributed by atoms with van der Waals surface area (Å²) in [5.74, 6) is -0.867. The van der Waals surface area contributed by atoms with Gasteiger partial charge in [-0.3, -0.25) is 14.4 Å². The first kappa shape index (κ1) is 18.8. The van der Waals surface area contributed by atoms with Crippen LogP contribution in [0.3, 0.4) is 0 Å². The monoisotopic (exact) mass is 364 g/mol. The summed E-state index contributed by atoms with van der Waals surface area (Å²) in [5.41, 5.74) is 3.47. The Morgan fingerprint density at radius 3 is 2.41 bits per heavy atom. The lowest BCUT2D eigenvalue weighted by Crippen LogP contribution is -2.30. The summed E-state index contributed by atoms with van der Waals surface area (Å²) in [6, 6.07) is 10.4. The van der Waals surface area contributed by atoms with Gasteiger partial charge in [0.05, 0.1) is 16.8 Å². The molecule has 0 aliphatic carbocycles. The van der Waals surface area contributed by atoms with Crippen molar-refractivity contribution in [2.24, 2.45) is 0 Å². The van der Waals surface area contributed by atoms with E-state index in [0.717, 1.165) is 24.0 Å². The van der Waals surface area contributed by atoms with Gasteiger partial charge in [0.25, 0.3) is 17.7 Å². The molecule has 5 nitrogen and oxygen atoms in total. The van der Waals surface area contributed by atoms with Gasteiger partial charge in [-0.2, -0.15) is 0 Å². The molecule has 1 heterocycles. The van der Waals surface area contributed by atoms with Crippen LogP contribution in [-0.2, 0) is 0 Å². The Labute approximate surface area is 159 Å². The number of anilines is 1. The van der Waals surface area contributed by atoms with Gasteiger partial charge in [0.1, 0.15) is 0 Å². The summed E-state index contributed by atoms with van der Waals surface area (Å²) >= 11 is 0. The van der Waals surface area contributed by atoms with E-state index in [1.807, 2.05) is 32.0 Å². The Bertz CT molecular complexity index is 933. The van der Waals surface area contributed by atoms with Crippen molar-refractivity contribution in [2.75, 3.05) is 18.5 Å². The van der Waals surface area contributed by atoms with Gasteiger partial charge < -0.3 is 4.90 Å². The minimum Gasteiger partial charge on any atom is -0.342 e. The second-order valence-corrected chi connectivity index (χ2v) is 7.08. The minimum absolute atomic E-state index is 0.142. The molecule has 0 bridgehead atoms. The summed E-state index contributed by atoms with van der Waals surface area (Å²) in [6.07, 6.45) is 1.92. The molecule has 2 aromatic rings. The van der Waals surface area contributed by atoms with Gasteiger partial charge in [-0.25, -0.2) is 4.90 Å². The van der Waals surface area contributed by atoms with Crippen LogP contribution >= 0.6 is 0 Å². The summed E-state index contributed by atoms with van der Waals surface area (Å²) < 4.78 is 0. The van der Waals surface area contributed by atoms with Crippen molar-refractivity contribution in [1.29, 1.82) is 0 Å². The average molecular weight is 364 g/mol. The van der Waals surface area contributed by atoms with Gasteiger partial charge in [-0.1, -0.05) is 25.5 Å². The van der Waals surface area contributed by atoms with Gasteiger partial charge in [0.15, 0.2) is 0 Å². The van der Waals surface area contributed by atoms with E-state index in [1.54, 1.807) is 30.1 Å². The maximum absolute atomic E-state index is 13.0. The van der Waals surface area contributed by atoms with E-state index < -0.39 is 0 Å². The third kappa shape index (κ3) is 3.37. The Hall–Kier alpha value is -2.95. The molecule has 140 valence electrons. The van der Waals surface area contributed by atoms with E-state index >= 15 is 0 Å². The van der Waals surface area contributed by atoms with Gasteiger partial charge in [0, 0.05) is 19.2 Å². The van der Waals surface area contributed by atoms with Crippen molar-refractivity contribution in [2.45, 2.75) is 33.6 Å². The summed E-state index contributed by atoms with van der Waals surface area (Å²) in [4.78, 5) is 41.3. The molecule has 0 radical (unpaired) electrons. The minimum atomic E-state index is -0.380. The first-order valence-electron chi connectivity index (χ1n) is 9.20. The van der Waals surface area contributed by atoms with Crippen molar-refractivity contribution in [3.63, 3.8) is 0 Å². The first-order valence-corrected chi connectivity index (χ1v) is 9.20.